The van der Waals surface area contributed by atoms with Gasteiger partial charge in [-0.3, -0.25) is 4.79 Å². The summed E-state index contributed by atoms with van der Waals surface area (Å²) >= 11 is 0. The molecule has 3 heteroatoms. The second kappa shape index (κ2) is 6.55. The first-order chi connectivity index (χ1) is 8.65. The molecular weight excluding hydrogens is 224 g/mol. The molecule has 2 unspecified atom stereocenters. The van der Waals surface area contributed by atoms with Crippen molar-refractivity contribution in [3.8, 4) is 0 Å². The quantitative estimate of drug-likeness (QED) is 0.809. The molecule has 0 aromatic carbocycles. The molecule has 1 amide bonds. The summed E-state index contributed by atoms with van der Waals surface area (Å²) in [5.74, 6) is 2.04. The van der Waals surface area contributed by atoms with E-state index in [1.54, 1.807) is 0 Å². The lowest BCUT2D eigenvalue weighted by Crippen LogP contribution is -2.43. The zero-order valence-corrected chi connectivity index (χ0v) is 11.9. The van der Waals surface area contributed by atoms with Crippen molar-refractivity contribution in [2.75, 3.05) is 13.1 Å². The van der Waals surface area contributed by atoms with Gasteiger partial charge in [0.2, 0.25) is 5.91 Å². The van der Waals surface area contributed by atoms with Gasteiger partial charge in [0.25, 0.3) is 0 Å². The number of carbonyl (C=O) groups excluding carboxylic acids is 1. The van der Waals surface area contributed by atoms with Crippen molar-refractivity contribution in [3.05, 3.63) is 0 Å². The van der Waals surface area contributed by atoms with E-state index in [-0.39, 0.29) is 5.92 Å². The molecule has 1 heterocycles. The molecule has 2 atom stereocenters. The van der Waals surface area contributed by atoms with Gasteiger partial charge in [-0.25, -0.2) is 0 Å². The molecule has 0 aromatic heterocycles. The van der Waals surface area contributed by atoms with Crippen LogP contribution >= 0.6 is 0 Å². The second-order valence-electron chi connectivity index (χ2n) is 6.45. The number of piperidine rings is 1. The Bertz CT molecular complexity index is 264. The van der Waals surface area contributed by atoms with E-state index in [2.05, 4.69) is 24.5 Å². The van der Waals surface area contributed by atoms with Crippen LogP contribution in [-0.2, 0) is 4.79 Å². The average Bonchev–Trinajstić information content (AvgIpc) is 2.38. The highest BCUT2D eigenvalue weighted by Gasteiger charge is 2.25. The summed E-state index contributed by atoms with van der Waals surface area (Å²) in [4.78, 5) is 12.1. The lowest BCUT2D eigenvalue weighted by Gasteiger charge is -2.29. The molecular formula is C15H28N2O. The third-order valence-corrected chi connectivity index (χ3v) is 4.71. The summed E-state index contributed by atoms with van der Waals surface area (Å²) in [7, 11) is 0. The summed E-state index contributed by atoms with van der Waals surface area (Å²) < 4.78 is 0. The van der Waals surface area contributed by atoms with Crippen LogP contribution in [0.25, 0.3) is 0 Å². The predicted octanol–water partition coefficient (Wildman–Crippen LogP) is 2.32. The minimum Gasteiger partial charge on any atom is -0.356 e. The van der Waals surface area contributed by atoms with Crippen LogP contribution in [0.3, 0.4) is 0 Å². The number of hydrogen-bond donors (Lipinski definition) is 2. The molecule has 0 aromatic rings. The van der Waals surface area contributed by atoms with E-state index in [1.165, 1.54) is 25.7 Å². The molecule has 1 saturated carbocycles. The fourth-order valence-electron chi connectivity index (χ4n) is 3.14. The Morgan fingerprint density at radius 2 is 1.83 bits per heavy atom. The van der Waals surface area contributed by atoms with Crippen LogP contribution in [-0.4, -0.2) is 25.0 Å². The molecule has 1 aliphatic heterocycles. The molecule has 2 N–H and O–H groups in total. The van der Waals surface area contributed by atoms with Crippen molar-refractivity contribution in [1.82, 2.24) is 10.6 Å². The van der Waals surface area contributed by atoms with Gasteiger partial charge in [-0.1, -0.05) is 6.92 Å². The first kappa shape index (κ1) is 13.9. The van der Waals surface area contributed by atoms with Gasteiger partial charge in [-0.2, -0.15) is 0 Å². The summed E-state index contributed by atoms with van der Waals surface area (Å²) in [6.07, 6.45) is 7.11. The maximum atomic E-state index is 12.1. The zero-order valence-electron chi connectivity index (χ0n) is 11.9. The topological polar surface area (TPSA) is 41.1 Å². The van der Waals surface area contributed by atoms with Crippen LogP contribution in [0.4, 0.5) is 0 Å². The molecule has 3 nitrogen and oxygen atoms in total. The number of rotatable bonds is 3. The second-order valence-corrected chi connectivity index (χ2v) is 6.45. The van der Waals surface area contributed by atoms with Gasteiger partial charge in [-0.15, -0.1) is 0 Å². The molecule has 1 aliphatic carbocycles. The van der Waals surface area contributed by atoms with Crippen molar-refractivity contribution < 1.29 is 4.79 Å². The largest absolute Gasteiger partial charge is 0.356 e. The van der Waals surface area contributed by atoms with Crippen LogP contribution in [0.5, 0.6) is 0 Å². The van der Waals surface area contributed by atoms with Crippen LogP contribution < -0.4 is 10.6 Å². The molecule has 2 aliphatic rings. The Balaban J connectivity index is 1.65. The Kier molecular flexibility index (Phi) is 5.04. The van der Waals surface area contributed by atoms with E-state index >= 15 is 0 Å². The summed E-state index contributed by atoms with van der Waals surface area (Å²) in [5, 5.41) is 6.66. The Labute approximate surface area is 111 Å². The molecule has 18 heavy (non-hydrogen) atoms. The monoisotopic (exact) mass is 252 g/mol. The minimum absolute atomic E-state index is 0.289. The smallest absolute Gasteiger partial charge is 0.223 e. The first-order valence-electron chi connectivity index (χ1n) is 7.66. The summed E-state index contributed by atoms with van der Waals surface area (Å²) in [5.41, 5.74) is 0. The minimum atomic E-state index is 0.289. The molecule has 0 bridgehead atoms. The van der Waals surface area contributed by atoms with E-state index < -0.39 is 0 Å². The van der Waals surface area contributed by atoms with Crippen LogP contribution in [0.2, 0.25) is 0 Å². The maximum absolute atomic E-state index is 12.1. The van der Waals surface area contributed by atoms with Crippen molar-refractivity contribution >= 4 is 5.91 Å². The predicted molar refractivity (Wildman–Crippen MR) is 74.3 cm³/mol. The van der Waals surface area contributed by atoms with Gasteiger partial charge in [-0.05, 0) is 63.8 Å². The Morgan fingerprint density at radius 3 is 2.44 bits per heavy atom. The van der Waals surface area contributed by atoms with Crippen molar-refractivity contribution in [2.45, 2.75) is 58.4 Å². The number of hydrogen-bond acceptors (Lipinski definition) is 2. The Morgan fingerprint density at radius 1 is 1.11 bits per heavy atom. The van der Waals surface area contributed by atoms with Crippen LogP contribution in [0.15, 0.2) is 0 Å². The first-order valence-corrected chi connectivity index (χ1v) is 7.66. The van der Waals surface area contributed by atoms with E-state index in [1.807, 2.05) is 0 Å². The fraction of sp³-hybridized carbons (Fsp3) is 0.933. The van der Waals surface area contributed by atoms with Gasteiger partial charge in [0, 0.05) is 18.5 Å². The van der Waals surface area contributed by atoms with Gasteiger partial charge in [0.1, 0.15) is 0 Å². The third-order valence-electron chi connectivity index (χ3n) is 4.71. The van der Waals surface area contributed by atoms with Gasteiger partial charge in [0.15, 0.2) is 0 Å². The van der Waals surface area contributed by atoms with Crippen molar-refractivity contribution in [1.29, 1.82) is 0 Å². The zero-order chi connectivity index (χ0) is 13.0. The van der Waals surface area contributed by atoms with E-state index in [9.17, 15) is 4.79 Å². The van der Waals surface area contributed by atoms with Gasteiger partial charge in [0.05, 0.1) is 0 Å². The highest BCUT2D eigenvalue weighted by atomic mass is 16.1. The van der Waals surface area contributed by atoms with Gasteiger partial charge >= 0.3 is 0 Å². The lowest BCUT2D eigenvalue weighted by molar-refractivity contribution is -0.126. The van der Waals surface area contributed by atoms with E-state index in [4.69, 9.17) is 0 Å². The average molecular weight is 252 g/mol. The summed E-state index contributed by atoms with van der Waals surface area (Å²) in [6.45, 7) is 6.45. The number of nitrogens with one attached hydrogen (secondary N) is 2. The van der Waals surface area contributed by atoms with Crippen molar-refractivity contribution in [2.24, 2.45) is 17.8 Å². The normalized spacial score (nSPS) is 37.2. The van der Waals surface area contributed by atoms with E-state index in [0.717, 1.165) is 31.8 Å². The molecule has 2 fully saturated rings. The fourth-order valence-corrected chi connectivity index (χ4v) is 3.14. The molecule has 0 spiro atoms. The molecule has 1 saturated heterocycles. The Hall–Kier alpha value is -0.570. The lowest BCUT2D eigenvalue weighted by atomic mass is 9.82. The maximum Gasteiger partial charge on any atom is 0.223 e. The SMILES string of the molecule is CC1CCC(C(=O)NCC2CCC(C)NC2)CC1. The highest BCUT2D eigenvalue weighted by molar-refractivity contribution is 5.78. The molecule has 0 radical (unpaired) electrons. The number of amides is 1. The standard InChI is InChI=1S/C15H28N2O/c1-11-3-7-14(8-4-11)15(18)17-10-13-6-5-12(2)16-9-13/h11-14,16H,3-10H2,1-2H3,(H,17,18). The summed E-state index contributed by atoms with van der Waals surface area (Å²) in [6, 6.07) is 0.650. The molecule has 104 valence electrons. The van der Waals surface area contributed by atoms with Crippen LogP contribution in [0.1, 0.15) is 52.4 Å². The van der Waals surface area contributed by atoms with Gasteiger partial charge < -0.3 is 10.6 Å². The number of carbonyl (C=O) groups is 1. The van der Waals surface area contributed by atoms with E-state index in [0.29, 0.717) is 17.9 Å². The van der Waals surface area contributed by atoms with Crippen LogP contribution in [0, 0.1) is 17.8 Å². The third kappa shape index (κ3) is 3.98. The van der Waals surface area contributed by atoms with Crippen molar-refractivity contribution in [3.63, 3.8) is 0 Å². The highest BCUT2D eigenvalue weighted by Crippen LogP contribution is 2.28. The molecule has 2 rings (SSSR count).